The number of hydrogen-bond donors (Lipinski definition) is 0. The molecule has 1 fully saturated rings. The van der Waals surface area contributed by atoms with Crippen LogP contribution in [0.5, 0.6) is 0 Å². The predicted octanol–water partition coefficient (Wildman–Crippen LogP) is 1.44. The molecule has 1 heterocycles. The zero-order valence-corrected chi connectivity index (χ0v) is 14.9. The maximum absolute atomic E-state index is 13.3. The van der Waals surface area contributed by atoms with Crippen LogP contribution in [-0.2, 0) is 16.1 Å². The molecule has 5 nitrogen and oxygen atoms in total. The number of carbonyl (C=O) groups excluding carboxylic acids is 1. The molecule has 0 saturated carbocycles. The van der Waals surface area contributed by atoms with Gasteiger partial charge >= 0.3 is 0 Å². The van der Waals surface area contributed by atoms with Gasteiger partial charge in [0, 0.05) is 32.7 Å². The van der Waals surface area contributed by atoms with E-state index in [1.165, 1.54) is 12.1 Å². The van der Waals surface area contributed by atoms with Gasteiger partial charge in [-0.2, -0.15) is 0 Å². The molecule has 1 saturated heterocycles. The van der Waals surface area contributed by atoms with Crippen molar-refractivity contribution < 1.29 is 13.9 Å². The van der Waals surface area contributed by atoms with Crippen LogP contribution in [0.15, 0.2) is 24.3 Å². The smallest absolute Gasteiger partial charge is 0.237 e. The van der Waals surface area contributed by atoms with Crippen molar-refractivity contribution in [2.75, 3.05) is 53.4 Å². The minimum atomic E-state index is -0.268. The summed E-state index contributed by atoms with van der Waals surface area (Å²) >= 11 is 0. The van der Waals surface area contributed by atoms with Gasteiger partial charge in [-0.05, 0) is 38.7 Å². The molecule has 1 aliphatic rings. The second-order valence-corrected chi connectivity index (χ2v) is 6.53. The van der Waals surface area contributed by atoms with Crippen LogP contribution in [0.1, 0.15) is 12.5 Å². The molecule has 0 unspecified atom stereocenters. The lowest BCUT2D eigenvalue weighted by molar-refractivity contribution is -0.135. The number of halogens is 1. The number of likely N-dealkylation sites (N-methyl/N-ethyl adjacent to an activating group) is 2. The number of benzene rings is 1. The van der Waals surface area contributed by atoms with Gasteiger partial charge in [-0.1, -0.05) is 12.1 Å². The fourth-order valence-corrected chi connectivity index (χ4v) is 2.97. The van der Waals surface area contributed by atoms with Crippen LogP contribution in [0, 0.1) is 5.82 Å². The summed E-state index contributed by atoms with van der Waals surface area (Å²) in [5.41, 5.74) is 0.817. The summed E-state index contributed by atoms with van der Waals surface area (Å²) in [6, 6.07) is 6.43. The van der Waals surface area contributed by atoms with Crippen LogP contribution < -0.4 is 0 Å². The van der Waals surface area contributed by atoms with Crippen molar-refractivity contribution in [2.45, 2.75) is 19.6 Å². The molecule has 0 aliphatic carbocycles. The lowest BCUT2D eigenvalue weighted by Gasteiger charge is -2.34. The summed E-state index contributed by atoms with van der Waals surface area (Å²) in [5, 5.41) is 0. The van der Waals surface area contributed by atoms with E-state index >= 15 is 0 Å². The van der Waals surface area contributed by atoms with E-state index in [4.69, 9.17) is 4.74 Å². The first-order chi connectivity index (χ1) is 11.5. The van der Waals surface area contributed by atoms with Gasteiger partial charge in [0.2, 0.25) is 5.91 Å². The fourth-order valence-electron chi connectivity index (χ4n) is 2.97. The highest BCUT2D eigenvalue weighted by Crippen LogP contribution is 2.10. The zero-order valence-electron chi connectivity index (χ0n) is 14.9. The predicted molar refractivity (Wildman–Crippen MR) is 92.2 cm³/mol. The second-order valence-electron chi connectivity index (χ2n) is 6.53. The Kier molecular flexibility index (Phi) is 7.15. The summed E-state index contributed by atoms with van der Waals surface area (Å²) in [4.78, 5) is 18.6. The first-order valence-corrected chi connectivity index (χ1v) is 8.48. The van der Waals surface area contributed by atoms with Gasteiger partial charge in [0.05, 0.1) is 19.3 Å². The first kappa shape index (κ1) is 18.8. The van der Waals surface area contributed by atoms with Crippen molar-refractivity contribution in [2.24, 2.45) is 0 Å². The third kappa shape index (κ3) is 5.85. The van der Waals surface area contributed by atoms with E-state index in [1.54, 1.807) is 11.0 Å². The molecule has 24 heavy (non-hydrogen) atoms. The number of nitrogens with zero attached hydrogens (tertiary/aromatic N) is 3. The average molecular weight is 337 g/mol. The Labute approximate surface area is 144 Å². The Hall–Kier alpha value is -1.50. The molecular formula is C18H28FN3O2. The maximum Gasteiger partial charge on any atom is 0.237 e. The van der Waals surface area contributed by atoms with Crippen LogP contribution in [0.4, 0.5) is 4.39 Å². The average Bonchev–Trinajstić information content (AvgIpc) is 2.52. The monoisotopic (exact) mass is 337 g/mol. The van der Waals surface area contributed by atoms with Crippen LogP contribution in [-0.4, -0.2) is 80.1 Å². The molecule has 0 aromatic heterocycles. The molecule has 1 aromatic carbocycles. The van der Waals surface area contributed by atoms with Crippen molar-refractivity contribution in [3.8, 4) is 0 Å². The standard InChI is InChI=1S/C18H28FN3O2/c1-4-22(11-15-6-5-7-16(19)10-15)18(23)14-21-8-9-24-17(13-21)12-20(2)3/h5-7,10,17H,4,8-9,11-14H2,1-3H3/t17-/m1/s1. The number of morpholine rings is 1. The van der Waals surface area contributed by atoms with E-state index in [0.717, 1.165) is 25.2 Å². The molecule has 2 rings (SSSR count). The summed E-state index contributed by atoms with van der Waals surface area (Å²) < 4.78 is 19.1. The molecule has 1 aromatic rings. The lowest BCUT2D eigenvalue weighted by Crippen LogP contribution is -2.50. The van der Waals surface area contributed by atoms with E-state index in [0.29, 0.717) is 26.2 Å². The van der Waals surface area contributed by atoms with Crippen molar-refractivity contribution >= 4 is 5.91 Å². The van der Waals surface area contributed by atoms with Gasteiger partial charge in [0.15, 0.2) is 0 Å². The van der Waals surface area contributed by atoms with Crippen molar-refractivity contribution in [1.29, 1.82) is 0 Å². The molecule has 0 bridgehead atoms. The van der Waals surface area contributed by atoms with Crippen molar-refractivity contribution in [1.82, 2.24) is 14.7 Å². The van der Waals surface area contributed by atoms with Crippen LogP contribution in [0.25, 0.3) is 0 Å². The van der Waals surface area contributed by atoms with Gasteiger partial charge in [0.25, 0.3) is 0 Å². The second kappa shape index (κ2) is 9.11. The highest BCUT2D eigenvalue weighted by atomic mass is 19.1. The Morgan fingerprint density at radius 1 is 1.42 bits per heavy atom. The normalized spacial score (nSPS) is 18.8. The van der Waals surface area contributed by atoms with Gasteiger partial charge in [-0.15, -0.1) is 0 Å². The zero-order chi connectivity index (χ0) is 17.5. The summed E-state index contributed by atoms with van der Waals surface area (Å²) in [7, 11) is 4.04. The third-order valence-corrected chi connectivity index (χ3v) is 4.15. The number of rotatable bonds is 7. The number of carbonyl (C=O) groups is 1. The highest BCUT2D eigenvalue weighted by Gasteiger charge is 2.24. The molecule has 0 spiro atoms. The Bertz CT molecular complexity index is 539. The molecule has 0 N–H and O–H groups in total. The van der Waals surface area contributed by atoms with Gasteiger partial charge in [0.1, 0.15) is 5.82 Å². The SMILES string of the molecule is CCN(Cc1cccc(F)c1)C(=O)CN1CCO[C@H](CN(C)C)C1. The quantitative estimate of drug-likeness (QED) is 0.754. The largest absolute Gasteiger partial charge is 0.374 e. The van der Waals surface area contributed by atoms with Crippen LogP contribution in [0.2, 0.25) is 0 Å². The van der Waals surface area contributed by atoms with E-state index < -0.39 is 0 Å². The minimum Gasteiger partial charge on any atom is -0.374 e. The molecule has 134 valence electrons. The maximum atomic E-state index is 13.3. The molecular weight excluding hydrogens is 309 g/mol. The van der Waals surface area contributed by atoms with Crippen molar-refractivity contribution in [3.05, 3.63) is 35.6 Å². The number of amides is 1. The van der Waals surface area contributed by atoms with E-state index in [9.17, 15) is 9.18 Å². The van der Waals surface area contributed by atoms with E-state index in [-0.39, 0.29) is 17.8 Å². The minimum absolute atomic E-state index is 0.0762. The van der Waals surface area contributed by atoms with Crippen molar-refractivity contribution in [3.63, 3.8) is 0 Å². The van der Waals surface area contributed by atoms with Gasteiger partial charge in [-0.3, -0.25) is 9.69 Å². The molecule has 1 aliphatic heterocycles. The van der Waals surface area contributed by atoms with Gasteiger partial charge < -0.3 is 14.5 Å². The summed E-state index contributed by atoms with van der Waals surface area (Å²) in [5.74, 6) is -0.192. The molecule has 1 atom stereocenters. The highest BCUT2D eigenvalue weighted by molar-refractivity contribution is 5.78. The summed E-state index contributed by atoms with van der Waals surface area (Å²) in [6.45, 7) is 6.43. The lowest BCUT2D eigenvalue weighted by atomic mass is 10.2. The van der Waals surface area contributed by atoms with Crippen LogP contribution >= 0.6 is 0 Å². The topological polar surface area (TPSA) is 36.0 Å². The Balaban J connectivity index is 1.89. The van der Waals surface area contributed by atoms with Gasteiger partial charge in [-0.25, -0.2) is 4.39 Å². The van der Waals surface area contributed by atoms with E-state index in [2.05, 4.69) is 9.80 Å². The van der Waals surface area contributed by atoms with E-state index in [1.807, 2.05) is 27.1 Å². The fraction of sp³-hybridized carbons (Fsp3) is 0.611. The third-order valence-electron chi connectivity index (χ3n) is 4.15. The van der Waals surface area contributed by atoms with Crippen LogP contribution in [0.3, 0.4) is 0 Å². The molecule has 0 radical (unpaired) electrons. The number of ether oxygens (including phenoxy) is 1. The number of hydrogen-bond acceptors (Lipinski definition) is 4. The molecule has 1 amide bonds. The first-order valence-electron chi connectivity index (χ1n) is 8.48. The Morgan fingerprint density at radius 2 is 2.21 bits per heavy atom. The summed E-state index contributed by atoms with van der Waals surface area (Å²) in [6.07, 6.45) is 0.139. The molecule has 6 heteroatoms. The Morgan fingerprint density at radius 3 is 2.88 bits per heavy atom.